The lowest BCUT2D eigenvalue weighted by atomic mass is 9.86. The Morgan fingerprint density at radius 2 is 1.97 bits per heavy atom. The molecule has 1 aromatic heterocycles. The summed E-state index contributed by atoms with van der Waals surface area (Å²) in [5, 5.41) is 13.2. The number of H-pyrrole nitrogens is 1. The molecule has 1 aromatic rings. The van der Waals surface area contributed by atoms with E-state index in [2.05, 4.69) is 23.5 Å². The maximum absolute atomic E-state index is 12.2. The van der Waals surface area contributed by atoms with Crippen molar-refractivity contribution in [3.8, 4) is 0 Å². The van der Waals surface area contributed by atoms with Crippen LogP contribution in [0.1, 0.15) is 38.5 Å². The predicted octanol–water partition coefficient (Wildman–Crippen LogP) is -0.845. The minimum atomic E-state index is -5.60. The molecule has 0 spiro atoms. The van der Waals surface area contributed by atoms with E-state index in [4.69, 9.17) is 14.2 Å². The third-order valence-electron chi connectivity index (χ3n) is 5.95. The van der Waals surface area contributed by atoms with E-state index in [0.29, 0.717) is 0 Å². The number of hydrogen-bond donors (Lipinski definition) is 2. The van der Waals surface area contributed by atoms with Crippen molar-refractivity contribution in [1.29, 1.82) is 0 Å². The first kappa shape index (κ1) is 29.9. The Kier molecular flexibility index (Phi) is 9.09. The topological polar surface area (TPSA) is 240 Å². The maximum Gasteiger partial charge on any atom is 0.330 e. The summed E-state index contributed by atoms with van der Waals surface area (Å²) in [6.45, 7) is 3.45. The molecule has 210 valence electrons. The minimum Gasteiger partial charge on any atom is -0.756 e. The molecule has 2 saturated heterocycles. The lowest BCUT2D eigenvalue weighted by Crippen LogP contribution is -2.54. The van der Waals surface area contributed by atoms with E-state index in [-0.39, 0.29) is 18.4 Å². The van der Waals surface area contributed by atoms with Gasteiger partial charge in [0.15, 0.2) is 6.29 Å². The van der Waals surface area contributed by atoms with Gasteiger partial charge in [-0.05, 0) is 20.8 Å². The number of nitrogens with zero attached hydrogens (tertiary/aromatic N) is 2. The van der Waals surface area contributed by atoms with Crippen LogP contribution in [0.5, 0.6) is 0 Å². The van der Waals surface area contributed by atoms with Crippen molar-refractivity contribution in [2.75, 3.05) is 13.7 Å². The number of aryl methyl sites for hydroxylation is 1. The molecular weight excluding hydrogens is 544 g/mol. The summed E-state index contributed by atoms with van der Waals surface area (Å²) < 4.78 is 54.7. The van der Waals surface area contributed by atoms with Crippen LogP contribution in [0.15, 0.2) is 21.0 Å². The van der Waals surface area contributed by atoms with Crippen molar-refractivity contribution in [2.24, 2.45) is 5.18 Å². The van der Waals surface area contributed by atoms with Gasteiger partial charge in [-0.3, -0.25) is 28.0 Å². The van der Waals surface area contributed by atoms with Gasteiger partial charge in [0.2, 0.25) is 0 Å². The first-order valence-electron chi connectivity index (χ1n) is 10.9. The first-order valence-corrected chi connectivity index (χ1v) is 13.9. The fraction of sp³-hybridized carbons (Fsp3) is 0.778. The van der Waals surface area contributed by atoms with Crippen molar-refractivity contribution in [3.05, 3.63) is 37.5 Å². The van der Waals surface area contributed by atoms with Crippen molar-refractivity contribution in [2.45, 2.75) is 76.1 Å². The van der Waals surface area contributed by atoms with Gasteiger partial charge in [0.05, 0.1) is 18.8 Å². The number of phosphoric ester groups is 2. The van der Waals surface area contributed by atoms with E-state index in [0.717, 1.165) is 4.57 Å². The Bertz CT molecular complexity index is 1200. The molecule has 2 aliphatic rings. The molecule has 2 N–H and O–H groups in total. The second-order valence-electron chi connectivity index (χ2n) is 8.87. The van der Waals surface area contributed by atoms with Crippen LogP contribution in [0.4, 0.5) is 0 Å². The summed E-state index contributed by atoms with van der Waals surface area (Å²) >= 11 is 0. The average Bonchev–Trinajstić information content (AvgIpc) is 3.14. The summed E-state index contributed by atoms with van der Waals surface area (Å²) in [5.41, 5.74) is -2.66. The van der Waals surface area contributed by atoms with E-state index in [1.807, 2.05) is 0 Å². The highest BCUT2D eigenvalue weighted by Gasteiger charge is 2.49. The lowest BCUT2D eigenvalue weighted by Gasteiger charge is -2.43. The Labute approximate surface area is 209 Å². The molecule has 2 aliphatic heterocycles. The van der Waals surface area contributed by atoms with E-state index >= 15 is 0 Å². The summed E-state index contributed by atoms with van der Waals surface area (Å²) in [4.78, 5) is 61.3. The van der Waals surface area contributed by atoms with Gasteiger partial charge in [0, 0.05) is 31.7 Å². The van der Waals surface area contributed by atoms with E-state index in [1.165, 1.54) is 34.1 Å². The molecule has 37 heavy (non-hydrogen) atoms. The fourth-order valence-corrected chi connectivity index (χ4v) is 6.29. The third kappa shape index (κ3) is 7.07. The van der Waals surface area contributed by atoms with Crippen LogP contribution in [0.3, 0.4) is 0 Å². The van der Waals surface area contributed by atoms with Gasteiger partial charge in [-0.25, -0.2) is 9.11 Å². The molecule has 9 atom stereocenters. The van der Waals surface area contributed by atoms with Gasteiger partial charge in [0.1, 0.15) is 24.0 Å². The quantitative estimate of drug-likeness (QED) is 0.257. The number of phosphoric acid groups is 2. The van der Waals surface area contributed by atoms with Crippen LogP contribution < -0.4 is 21.0 Å². The number of nitroso groups, excluding NO2 is 1. The fourth-order valence-electron chi connectivity index (χ4n) is 4.22. The van der Waals surface area contributed by atoms with Crippen molar-refractivity contribution < 1.29 is 51.6 Å². The standard InChI is InChI=1S/C18H29N3O14P2/c1-9-7-21(17(24)19-16(9)23)13-5-11(22)12(33-13)8-31-36(26,27)35-37(28,29)34-14-6-18(3,20-25)15(30-4)10(2)32-14/h7,10-15,22H,5-6,8H2,1-4H3,(H,26,27)(H,28,29)(H,19,23,24)/p-2/t10-,11-,12+,13+,14+,15-,18-/m0/s1. The summed E-state index contributed by atoms with van der Waals surface area (Å²) in [5.74, 6) is 0. The molecule has 19 heteroatoms. The number of methoxy groups -OCH3 is 1. The Morgan fingerprint density at radius 3 is 2.59 bits per heavy atom. The van der Waals surface area contributed by atoms with Gasteiger partial charge in [-0.1, -0.05) is 5.18 Å². The minimum absolute atomic E-state index is 0.157. The zero-order valence-corrected chi connectivity index (χ0v) is 22.0. The van der Waals surface area contributed by atoms with Crippen LogP contribution in [-0.4, -0.2) is 64.6 Å². The van der Waals surface area contributed by atoms with Gasteiger partial charge in [-0.2, -0.15) is 4.91 Å². The Hall–Kier alpha value is -1.62. The number of nitrogens with one attached hydrogen (secondary N) is 1. The van der Waals surface area contributed by atoms with Gasteiger partial charge >= 0.3 is 5.69 Å². The Morgan fingerprint density at radius 1 is 1.30 bits per heavy atom. The summed E-state index contributed by atoms with van der Waals surface area (Å²) in [6.07, 6.45) is -6.25. The summed E-state index contributed by atoms with van der Waals surface area (Å²) in [7, 11) is -9.86. The molecule has 0 aliphatic carbocycles. The molecule has 17 nitrogen and oxygen atoms in total. The number of rotatable bonds is 10. The molecule has 0 amide bonds. The third-order valence-corrected chi connectivity index (χ3v) is 8.51. The van der Waals surface area contributed by atoms with Crippen molar-refractivity contribution in [1.82, 2.24) is 9.55 Å². The normalized spacial score (nSPS) is 35.5. The van der Waals surface area contributed by atoms with Crippen LogP contribution >= 0.6 is 15.6 Å². The number of aliphatic hydroxyl groups excluding tert-OH is 1. The van der Waals surface area contributed by atoms with Crippen LogP contribution in [0, 0.1) is 11.8 Å². The highest BCUT2D eigenvalue weighted by molar-refractivity contribution is 7.59. The smallest absolute Gasteiger partial charge is 0.330 e. The van der Waals surface area contributed by atoms with Crippen molar-refractivity contribution >= 4 is 15.6 Å². The molecule has 0 saturated carbocycles. The number of aliphatic hydroxyl groups is 1. The maximum atomic E-state index is 12.2. The zero-order chi connectivity index (χ0) is 27.8. The largest absolute Gasteiger partial charge is 0.756 e. The number of ether oxygens (including phenoxy) is 3. The number of aromatic nitrogens is 2. The van der Waals surface area contributed by atoms with E-state index in [9.17, 15) is 38.5 Å². The molecule has 0 bridgehead atoms. The Balaban J connectivity index is 1.59. The molecule has 3 heterocycles. The highest BCUT2D eigenvalue weighted by atomic mass is 31.3. The highest BCUT2D eigenvalue weighted by Crippen LogP contribution is 2.57. The van der Waals surface area contributed by atoms with Crippen LogP contribution in [-0.2, 0) is 36.7 Å². The van der Waals surface area contributed by atoms with Gasteiger partial charge in [-0.15, -0.1) is 0 Å². The second-order valence-corrected chi connectivity index (χ2v) is 11.8. The SMILES string of the molecule is CO[C@H]1[C@H](C)O[C@H](OP(=O)([O-])OP(=O)([O-])OC[C@H]2O[C@@H](n3cc(C)c(=O)[nH]c3=O)C[C@@H]2O)C[C@]1(C)N=O. The second kappa shape index (κ2) is 11.2. The zero-order valence-electron chi connectivity index (χ0n) is 20.2. The molecule has 2 unspecified atom stereocenters. The molecule has 0 radical (unpaired) electrons. The van der Waals surface area contributed by atoms with Crippen LogP contribution in [0.25, 0.3) is 0 Å². The summed E-state index contributed by atoms with van der Waals surface area (Å²) in [6, 6.07) is 0. The van der Waals surface area contributed by atoms with Gasteiger partial charge in [0.25, 0.3) is 21.2 Å². The predicted molar refractivity (Wildman–Crippen MR) is 118 cm³/mol. The van der Waals surface area contributed by atoms with Crippen LogP contribution in [0.2, 0.25) is 0 Å². The molecule has 3 rings (SSSR count). The first-order chi connectivity index (χ1) is 17.1. The number of hydrogen-bond acceptors (Lipinski definition) is 15. The lowest BCUT2D eigenvalue weighted by molar-refractivity contribution is -0.272. The van der Waals surface area contributed by atoms with Gasteiger partial charge < -0.3 is 33.6 Å². The molecule has 2 fully saturated rings. The number of aromatic amines is 1. The van der Waals surface area contributed by atoms with E-state index < -0.39 is 76.0 Å². The monoisotopic (exact) mass is 571 g/mol. The molecular formula is C18H27N3O14P2-2. The van der Waals surface area contributed by atoms with E-state index in [1.54, 1.807) is 0 Å². The van der Waals surface area contributed by atoms with Crippen molar-refractivity contribution in [3.63, 3.8) is 0 Å². The average molecular weight is 571 g/mol. The molecule has 0 aromatic carbocycles.